The molecule has 19 heavy (non-hydrogen) atoms. The molecule has 0 aliphatic rings. The number of carboxylic acids is 1. The van der Waals surface area contributed by atoms with E-state index in [9.17, 15) is 18.4 Å². The predicted molar refractivity (Wildman–Crippen MR) is 67.9 cm³/mol. The minimum atomic E-state index is -1.20. The van der Waals surface area contributed by atoms with Gasteiger partial charge < -0.3 is 15.7 Å². The van der Waals surface area contributed by atoms with Crippen LogP contribution >= 0.6 is 15.9 Å². The van der Waals surface area contributed by atoms with Crippen molar-refractivity contribution in [2.45, 2.75) is 19.4 Å². The van der Waals surface area contributed by atoms with Gasteiger partial charge in [-0.3, -0.25) is 0 Å². The van der Waals surface area contributed by atoms with Gasteiger partial charge in [0.05, 0.1) is 5.69 Å². The number of halogens is 3. The van der Waals surface area contributed by atoms with Crippen molar-refractivity contribution in [2.75, 3.05) is 5.32 Å². The first-order chi connectivity index (χ1) is 8.85. The Morgan fingerprint density at radius 2 is 2.05 bits per heavy atom. The van der Waals surface area contributed by atoms with Crippen molar-refractivity contribution in [3.05, 3.63) is 28.2 Å². The van der Waals surface area contributed by atoms with Gasteiger partial charge in [-0.25, -0.2) is 18.4 Å². The molecule has 0 radical (unpaired) electrons. The summed E-state index contributed by atoms with van der Waals surface area (Å²) in [4.78, 5) is 22.2. The van der Waals surface area contributed by atoms with Crippen molar-refractivity contribution >= 4 is 33.6 Å². The standard InChI is InChI=1S/C11H11BrF2N2O3/c1-2-8(10(17)18)15-11(19)16-9-6(12)3-5(13)4-7(9)14/h3-4,8H,2H2,1H3,(H,17,18)(H2,15,16,19). The van der Waals surface area contributed by atoms with Crippen molar-refractivity contribution in [3.8, 4) is 0 Å². The van der Waals surface area contributed by atoms with E-state index in [1.54, 1.807) is 6.92 Å². The van der Waals surface area contributed by atoms with Crippen LogP contribution in [-0.2, 0) is 4.79 Å². The Bertz CT molecular complexity index is 488. The maximum absolute atomic E-state index is 13.4. The number of hydrogen-bond acceptors (Lipinski definition) is 2. The minimum absolute atomic E-state index is 0.0172. The van der Waals surface area contributed by atoms with Crippen LogP contribution in [0.3, 0.4) is 0 Å². The lowest BCUT2D eigenvalue weighted by atomic mass is 10.2. The lowest BCUT2D eigenvalue weighted by Gasteiger charge is -2.14. The molecule has 0 aliphatic heterocycles. The number of rotatable bonds is 4. The summed E-state index contributed by atoms with van der Waals surface area (Å²) in [7, 11) is 0. The van der Waals surface area contributed by atoms with E-state index in [0.717, 1.165) is 6.07 Å². The van der Waals surface area contributed by atoms with E-state index in [2.05, 4.69) is 26.6 Å². The molecule has 2 amide bonds. The van der Waals surface area contributed by atoms with Gasteiger partial charge in [-0.1, -0.05) is 6.92 Å². The number of anilines is 1. The van der Waals surface area contributed by atoms with Gasteiger partial charge in [-0.05, 0) is 28.4 Å². The van der Waals surface area contributed by atoms with E-state index < -0.39 is 29.7 Å². The second-order valence-corrected chi connectivity index (χ2v) is 4.50. The fourth-order valence-electron chi connectivity index (χ4n) is 1.31. The fourth-order valence-corrected chi connectivity index (χ4v) is 1.82. The summed E-state index contributed by atoms with van der Waals surface area (Å²) in [5, 5.41) is 13.0. The highest BCUT2D eigenvalue weighted by atomic mass is 79.9. The first kappa shape index (κ1) is 15.4. The maximum atomic E-state index is 13.4. The molecule has 0 bridgehead atoms. The van der Waals surface area contributed by atoms with Crippen LogP contribution in [0.2, 0.25) is 0 Å². The zero-order chi connectivity index (χ0) is 14.6. The molecule has 8 heteroatoms. The average molecular weight is 337 g/mol. The van der Waals surface area contributed by atoms with Gasteiger partial charge in [0.15, 0.2) is 5.82 Å². The summed E-state index contributed by atoms with van der Waals surface area (Å²) in [6.45, 7) is 1.58. The number of carbonyl (C=O) groups excluding carboxylic acids is 1. The molecule has 5 nitrogen and oxygen atoms in total. The van der Waals surface area contributed by atoms with Crippen LogP contribution in [0.15, 0.2) is 16.6 Å². The zero-order valence-corrected chi connectivity index (χ0v) is 11.4. The van der Waals surface area contributed by atoms with Gasteiger partial charge in [-0.15, -0.1) is 0 Å². The number of benzene rings is 1. The van der Waals surface area contributed by atoms with Gasteiger partial charge >= 0.3 is 12.0 Å². The smallest absolute Gasteiger partial charge is 0.326 e. The lowest BCUT2D eigenvalue weighted by molar-refractivity contribution is -0.139. The van der Waals surface area contributed by atoms with Gasteiger partial charge in [0.25, 0.3) is 0 Å². The number of hydrogen-bond donors (Lipinski definition) is 3. The summed E-state index contributed by atoms with van der Waals surface area (Å²) in [6, 6.07) is -0.384. The fraction of sp³-hybridized carbons (Fsp3) is 0.273. The van der Waals surface area contributed by atoms with Crippen molar-refractivity contribution < 1.29 is 23.5 Å². The first-order valence-electron chi connectivity index (χ1n) is 5.30. The summed E-state index contributed by atoms with van der Waals surface area (Å²) in [5.74, 6) is -2.96. The highest BCUT2D eigenvalue weighted by Crippen LogP contribution is 2.26. The van der Waals surface area contributed by atoms with E-state index in [0.29, 0.717) is 6.07 Å². The molecule has 104 valence electrons. The lowest BCUT2D eigenvalue weighted by Crippen LogP contribution is -2.42. The zero-order valence-electron chi connectivity index (χ0n) is 9.84. The SMILES string of the molecule is CCC(NC(=O)Nc1c(F)cc(F)cc1Br)C(=O)O. The van der Waals surface area contributed by atoms with Crippen LogP contribution < -0.4 is 10.6 Å². The van der Waals surface area contributed by atoms with Crippen molar-refractivity contribution in [1.29, 1.82) is 0 Å². The maximum Gasteiger partial charge on any atom is 0.326 e. The Balaban J connectivity index is 2.80. The van der Waals surface area contributed by atoms with Gasteiger partial charge in [-0.2, -0.15) is 0 Å². The van der Waals surface area contributed by atoms with Crippen LogP contribution in [0.4, 0.5) is 19.3 Å². The third-order valence-corrected chi connectivity index (χ3v) is 2.88. The Morgan fingerprint density at radius 1 is 1.42 bits per heavy atom. The molecule has 0 heterocycles. The Kier molecular flexibility index (Phi) is 5.22. The average Bonchev–Trinajstić information content (AvgIpc) is 2.30. The Morgan fingerprint density at radius 3 is 2.53 bits per heavy atom. The molecule has 0 aliphatic carbocycles. The number of amides is 2. The highest BCUT2D eigenvalue weighted by molar-refractivity contribution is 9.10. The van der Waals surface area contributed by atoms with Crippen LogP contribution in [0.5, 0.6) is 0 Å². The van der Waals surface area contributed by atoms with Gasteiger partial charge in [0.2, 0.25) is 0 Å². The largest absolute Gasteiger partial charge is 0.480 e. The molecule has 1 rings (SSSR count). The molecule has 1 atom stereocenters. The number of urea groups is 1. The summed E-state index contributed by atoms with van der Waals surface area (Å²) < 4.78 is 26.3. The summed E-state index contributed by atoms with van der Waals surface area (Å²) in [5.41, 5.74) is -0.265. The second-order valence-electron chi connectivity index (χ2n) is 3.64. The van der Waals surface area contributed by atoms with Crippen LogP contribution in [0.25, 0.3) is 0 Å². The number of nitrogens with one attached hydrogen (secondary N) is 2. The van der Waals surface area contributed by atoms with Crippen LogP contribution in [0.1, 0.15) is 13.3 Å². The van der Waals surface area contributed by atoms with Crippen molar-refractivity contribution in [2.24, 2.45) is 0 Å². The Labute approximate surface area is 116 Å². The minimum Gasteiger partial charge on any atom is -0.480 e. The summed E-state index contributed by atoms with van der Waals surface area (Å²) in [6.07, 6.45) is 0.176. The van der Waals surface area contributed by atoms with Crippen LogP contribution in [-0.4, -0.2) is 23.1 Å². The second kappa shape index (κ2) is 6.46. The summed E-state index contributed by atoms with van der Waals surface area (Å²) >= 11 is 2.90. The number of aliphatic carboxylic acids is 1. The van der Waals surface area contributed by atoms with Crippen LogP contribution in [0, 0.1) is 11.6 Å². The number of carboxylic acid groups (broad SMARTS) is 1. The molecule has 0 aromatic heterocycles. The molecule has 1 aromatic carbocycles. The molecular weight excluding hydrogens is 326 g/mol. The monoisotopic (exact) mass is 336 g/mol. The first-order valence-corrected chi connectivity index (χ1v) is 6.09. The Hall–Kier alpha value is -1.70. The topological polar surface area (TPSA) is 78.4 Å². The third kappa shape index (κ3) is 4.16. The molecule has 0 saturated carbocycles. The van der Waals surface area contributed by atoms with E-state index in [4.69, 9.17) is 5.11 Å². The quantitative estimate of drug-likeness (QED) is 0.790. The normalized spacial score (nSPS) is 11.8. The molecule has 0 spiro atoms. The highest BCUT2D eigenvalue weighted by Gasteiger charge is 2.19. The molecule has 1 unspecified atom stereocenters. The molecule has 3 N–H and O–H groups in total. The van der Waals surface area contributed by atoms with Gasteiger partial charge in [0, 0.05) is 10.5 Å². The molecule has 1 aromatic rings. The molecule has 0 saturated heterocycles. The van der Waals surface area contributed by atoms with E-state index >= 15 is 0 Å². The van der Waals surface area contributed by atoms with Crippen molar-refractivity contribution in [1.82, 2.24) is 5.32 Å². The van der Waals surface area contributed by atoms with Crippen molar-refractivity contribution in [3.63, 3.8) is 0 Å². The number of carbonyl (C=O) groups is 2. The molecule has 0 fully saturated rings. The van der Waals surface area contributed by atoms with E-state index in [-0.39, 0.29) is 16.6 Å². The van der Waals surface area contributed by atoms with Gasteiger partial charge in [0.1, 0.15) is 11.9 Å². The predicted octanol–water partition coefficient (Wildman–Crippen LogP) is 2.71. The van der Waals surface area contributed by atoms with E-state index in [1.807, 2.05) is 0 Å². The third-order valence-electron chi connectivity index (χ3n) is 2.26. The van der Waals surface area contributed by atoms with E-state index in [1.165, 1.54) is 0 Å². The molecular formula is C11H11BrF2N2O3.